The summed E-state index contributed by atoms with van der Waals surface area (Å²) in [5.74, 6) is 0.155. The van der Waals surface area contributed by atoms with Crippen LogP contribution in [-0.2, 0) is 0 Å². The van der Waals surface area contributed by atoms with Gasteiger partial charge in [-0.25, -0.2) is 0 Å². The van der Waals surface area contributed by atoms with Gasteiger partial charge in [0, 0.05) is 26.2 Å². The number of carbonyl (C=O) groups excluding carboxylic acids is 1. The Kier molecular flexibility index (Phi) is 3.98. The van der Waals surface area contributed by atoms with Crippen molar-refractivity contribution < 1.29 is 4.79 Å². The minimum absolute atomic E-state index is 0.182. The summed E-state index contributed by atoms with van der Waals surface area (Å²) in [6.07, 6.45) is 3.56. The number of aryl methyl sites for hydroxylation is 1. The summed E-state index contributed by atoms with van der Waals surface area (Å²) in [4.78, 5) is 13.6. The van der Waals surface area contributed by atoms with E-state index >= 15 is 0 Å². The molecule has 4 nitrogen and oxygen atoms in total. The molecule has 0 atom stereocenters. The first kappa shape index (κ1) is 14.8. The first-order valence-corrected chi connectivity index (χ1v) is 8.25. The summed E-state index contributed by atoms with van der Waals surface area (Å²) in [6, 6.07) is 7.88. The summed E-state index contributed by atoms with van der Waals surface area (Å²) in [7, 11) is 0. The summed E-state index contributed by atoms with van der Waals surface area (Å²) in [6.45, 7) is 1.95. The second kappa shape index (κ2) is 5.93. The number of carbonyl (C=O) groups is 1. The fourth-order valence-corrected chi connectivity index (χ4v) is 3.97. The van der Waals surface area contributed by atoms with Gasteiger partial charge in [-0.2, -0.15) is 0 Å². The van der Waals surface area contributed by atoms with Crippen LogP contribution >= 0.6 is 11.3 Å². The van der Waals surface area contributed by atoms with Gasteiger partial charge in [-0.3, -0.25) is 4.79 Å². The summed E-state index contributed by atoms with van der Waals surface area (Å²) in [5, 5.41) is 11.7. The predicted octanol–water partition coefficient (Wildman–Crippen LogP) is 3.70. The molecule has 3 rings (SSSR count). The van der Waals surface area contributed by atoms with Gasteiger partial charge in [-0.05, 0) is 38.7 Å². The maximum Gasteiger partial charge on any atom is 0.258 e. The van der Waals surface area contributed by atoms with Crippen molar-refractivity contribution in [3.63, 3.8) is 0 Å². The van der Waals surface area contributed by atoms with Crippen LogP contribution in [0.1, 0.15) is 40.9 Å². The zero-order valence-corrected chi connectivity index (χ0v) is 13.3. The van der Waals surface area contributed by atoms with Crippen molar-refractivity contribution in [3.8, 4) is 0 Å². The number of rotatable bonds is 2. The molecule has 0 radical (unpaired) electrons. The van der Waals surface area contributed by atoms with Crippen LogP contribution in [0.15, 0.2) is 35.7 Å². The predicted molar refractivity (Wildman–Crippen MR) is 91.4 cm³/mol. The lowest BCUT2D eigenvalue weighted by atomic mass is 9.93. The second-order valence-electron chi connectivity index (χ2n) is 5.56. The van der Waals surface area contributed by atoms with Crippen LogP contribution in [0.2, 0.25) is 0 Å². The molecule has 1 aliphatic carbocycles. The maximum absolute atomic E-state index is 12.6. The van der Waals surface area contributed by atoms with Gasteiger partial charge in [0.1, 0.15) is 5.82 Å². The number of hydrogen-bond acceptors (Lipinski definition) is 4. The molecule has 0 aliphatic heterocycles. The number of hydrogen-bond donors (Lipinski definition) is 3. The van der Waals surface area contributed by atoms with Crippen molar-refractivity contribution in [2.45, 2.75) is 32.6 Å². The van der Waals surface area contributed by atoms with Gasteiger partial charge < -0.3 is 16.5 Å². The van der Waals surface area contributed by atoms with Crippen molar-refractivity contribution in [1.29, 1.82) is 5.41 Å². The number of amides is 1. The molecule has 2 aromatic rings. The van der Waals surface area contributed by atoms with E-state index in [9.17, 15) is 4.79 Å². The van der Waals surface area contributed by atoms with E-state index < -0.39 is 0 Å². The summed E-state index contributed by atoms with van der Waals surface area (Å²) >= 11 is 1.61. The molecule has 22 heavy (non-hydrogen) atoms. The molecule has 1 heterocycles. The van der Waals surface area contributed by atoms with E-state index in [-0.39, 0.29) is 5.91 Å². The highest BCUT2D eigenvalue weighted by Gasteiger charge is 2.20. The van der Waals surface area contributed by atoms with Gasteiger partial charge in [-0.1, -0.05) is 18.2 Å². The van der Waals surface area contributed by atoms with Gasteiger partial charge >= 0.3 is 0 Å². The van der Waals surface area contributed by atoms with E-state index in [1.165, 1.54) is 0 Å². The van der Waals surface area contributed by atoms with Crippen LogP contribution in [0.5, 0.6) is 0 Å². The molecular weight excluding hydrogens is 294 g/mol. The molecule has 4 N–H and O–H groups in total. The highest BCUT2D eigenvalue weighted by molar-refractivity contribution is 7.19. The molecule has 0 spiro atoms. The molecule has 5 heteroatoms. The summed E-state index contributed by atoms with van der Waals surface area (Å²) < 4.78 is 1.10. The first-order chi connectivity index (χ1) is 10.6. The molecule has 0 saturated heterocycles. The van der Waals surface area contributed by atoms with Crippen LogP contribution in [0.25, 0.3) is 10.1 Å². The van der Waals surface area contributed by atoms with E-state index in [0.29, 0.717) is 17.1 Å². The Hall–Kier alpha value is -2.14. The van der Waals surface area contributed by atoms with E-state index in [1.54, 1.807) is 11.3 Å². The molecule has 1 amide bonds. The third-order valence-electron chi connectivity index (χ3n) is 4.04. The number of allylic oxidation sites excluding steroid dienone is 1. The number of thiophene rings is 1. The van der Waals surface area contributed by atoms with Crippen molar-refractivity contribution in [1.82, 2.24) is 5.32 Å². The minimum atomic E-state index is -0.182. The van der Waals surface area contributed by atoms with Crippen molar-refractivity contribution in [2.24, 2.45) is 5.73 Å². The van der Waals surface area contributed by atoms with E-state index in [2.05, 4.69) is 5.32 Å². The van der Waals surface area contributed by atoms with Crippen LogP contribution in [0.4, 0.5) is 0 Å². The van der Waals surface area contributed by atoms with Crippen molar-refractivity contribution >= 4 is 33.0 Å². The molecule has 0 unspecified atom stereocenters. The third-order valence-corrected chi connectivity index (χ3v) is 5.13. The number of benzene rings is 1. The van der Waals surface area contributed by atoms with Crippen LogP contribution in [0, 0.1) is 12.3 Å². The van der Waals surface area contributed by atoms with Gasteiger partial charge in [-0.15, -0.1) is 11.3 Å². The van der Waals surface area contributed by atoms with Crippen LogP contribution < -0.4 is 11.1 Å². The third kappa shape index (κ3) is 2.64. The van der Waals surface area contributed by atoms with E-state index in [4.69, 9.17) is 11.1 Å². The average molecular weight is 313 g/mol. The van der Waals surface area contributed by atoms with Crippen molar-refractivity contribution in [3.05, 3.63) is 46.1 Å². The molecule has 1 aromatic heterocycles. The number of nitrogens with one attached hydrogen (secondary N) is 2. The van der Waals surface area contributed by atoms with Crippen molar-refractivity contribution in [2.75, 3.05) is 0 Å². The molecule has 1 fully saturated rings. The first-order valence-electron chi connectivity index (χ1n) is 7.44. The molecule has 1 aliphatic rings. The highest BCUT2D eigenvalue weighted by atomic mass is 32.1. The zero-order chi connectivity index (χ0) is 15.7. The average Bonchev–Trinajstić information content (AvgIpc) is 2.83. The van der Waals surface area contributed by atoms with Crippen LogP contribution in [-0.4, -0.2) is 11.6 Å². The monoisotopic (exact) mass is 313 g/mol. The van der Waals surface area contributed by atoms with E-state index in [1.807, 2.05) is 31.2 Å². The summed E-state index contributed by atoms with van der Waals surface area (Å²) in [5.41, 5.74) is 8.08. The molecule has 114 valence electrons. The van der Waals surface area contributed by atoms with E-state index in [0.717, 1.165) is 46.2 Å². The Labute approximate surface area is 133 Å². The van der Waals surface area contributed by atoms with Gasteiger partial charge in [0.25, 0.3) is 5.91 Å². The minimum Gasteiger partial charge on any atom is -0.385 e. The number of fused-ring (bicyclic) bond motifs is 1. The Balaban J connectivity index is 1.92. The van der Waals surface area contributed by atoms with Gasteiger partial charge in [0.2, 0.25) is 0 Å². The number of nitrogens with two attached hydrogens (primary N) is 1. The zero-order valence-electron chi connectivity index (χ0n) is 12.5. The smallest absolute Gasteiger partial charge is 0.258 e. The molecule has 1 saturated carbocycles. The Morgan fingerprint density at radius 3 is 2.77 bits per heavy atom. The van der Waals surface area contributed by atoms with Crippen LogP contribution in [0.3, 0.4) is 0 Å². The Morgan fingerprint density at radius 1 is 1.27 bits per heavy atom. The topological polar surface area (TPSA) is 79.0 Å². The highest BCUT2D eigenvalue weighted by Crippen LogP contribution is 2.30. The fraction of sp³-hybridized carbons (Fsp3) is 0.294. The lowest BCUT2D eigenvalue weighted by Gasteiger charge is -2.18. The lowest BCUT2D eigenvalue weighted by Crippen LogP contribution is -2.31. The quantitative estimate of drug-likeness (QED) is 0.790. The Bertz CT molecular complexity index is 788. The maximum atomic E-state index is 12.6. The SMILES string of the molecule is Cc1sc2ccccc2c1C(=O)N/C(N)=C1/CCCCC1=N. The van der Waals surface area contributed by atoms with Gasteiger partial charge in [0.05, 0.1) is 5.56 Å². The van der Waals surface area contributed by atoms with Gasteiger partial charge in [0.15, 0.2) is 0 Å². The molecular formula is C17H19N3OS. The fourth-order valence-electron chi connectivity index (χ4n) is 2.91. The standard InChI is InChI=1S/C17H19N3OS/c1-10-15(12-7-3-5-9-14(12)22-10)17(21)20-16(19)11-6-2-4-8-13(11)18/h3,5,7,9,18H,2,4,6,8,19H2,1H3,(H,20,21)/b16-11-,18-13?. The lowest BCUT2D eigenvalue weighted by molar-refractivity contribution is 0.0966. The molecule has 1 aromatic carbocycles. The normalized spacial score (nSPS) is 17.6. The largest absolute Gasteiger partial charge is 0.385 e. The second-order valence-corrected chi connectivity index (χ2v) is 6.82. The Morgan fingerprint density at radius 2 is 2.00 bits per heavy atom. The molecule has 0 bridgehead atoms.